The average molecular weight is 398 g/mol. The van der Waals surface area contributed by atoms with Crippen LogP contribution in [0.4, 0.5) is 11.4 Å². The van der Waals surface area contributed by atoms with Crippen molar-refractivity contribution < 1.29 is 9.59 Å². The summed E-state index contributed by atoms with van der Waals surface area (Å²) >= 11 is 0. The Labute approximate surface area is 174 Å². The maximum absolute atomic E-state index is 12.6. The molecule has 0 heterocycles. The van der Waals surface area contributed by atoms with E-state index in [1.807, 2.05) is 24.3 Å². The Hall–Kier alpha value is -2.04. The van der Waals surface area contributed by atoms with Gasteiger partial charge in [-0.3, -0.25) is 9.59 Å². The van der Waals surface area contributed by atoms with Gasteiger partial charge >= 0.3 is 11.8 Å². The zero-order valence-electron chi connectivity index (χ0n) is 18.0. The summed E-state index contributed by atoms with van der Waals surface area (Å²) in [5.41, 5.74) is 1.98. The number of hydrogen-bond acceptors (Lipinski definition) is 3. The van der Waals surface area contributed by atoms with E-state index >= 15 is 0 Å². The van der Waals surface area contributed by atoms with Gasteiger partial charge in [0.1, 0.15) is 0 Å². The summed E-state index contributed by atoms with van der Waals surface area (Å²) in [6, 6.07) is 7.75. The zero-order chi connectivity index (χ0) is 20.6. The molecule has 4 saturated carbocycles. The normalized spacial score (nSPS) is 30.7. The molecule has 0 aliphatic heterocycles. The molecule has 0 aromatic heterocycles. The Balaban J connectivity index is 1.34. The van der Waals surface area contributed by atoms with Crippen LogP contribution in [0.25, 0.3) is 0 Å². The van der Waals surface area contributed by atoms with Crippen LogP contribution < -0.4 is 15.5 Å². The van der Waals surface area contributed by atoms with E-state index in [0.717, 1.165) is 36.5 Å². The Morgan fingerprint density at radius 1 is 0.966 bits per heavy atom. The van der Waals surface area contributed by atoms with Gasteiger partial charge in [0.2, 0.25) is 0 Å². The largest absolute Gasteiger partial charge is 0.372 e. The van der Waals surface area contributed by atoms with Gasteiger partial charge in [-0.15, -0.1) is 0 Å². The van der Waals surface area contributed by atoms with Crippen LogP contribution in [-0.2, 0) is 9.59 Å². The fraction of sp³-hybridized carbons (Fsp3) is 0.667. The van der Waals surface area contributed by atoms with Crippen molar-refractivity contribution in [3.05, 3.63) is 24.3 Å². The van der Waals surface area contributed by atoms with Crippen molar-refractivity contribution in [1.82, 2.24) is 5.32 Å². The Bertz CT molecular complexity index is 719. The fourth-order valence-electron chi connectivity index (χ4n) is 6.66. The minimum absolute atomic E-state index is 0.0548. The van der Waals surface area contributed by atoms with Crippen LogP contribution in [0.15, 0.2) is 24.3 Å². The molecule has 1 aromatic rings. The van der Waals surface area contributed by atoms with Crippen LogP contribution in [0.3, 0.4) is 0 Å². The maximum atomic E-state index is 12.6. The first-order chi connectivity index (χ1) is 13.9. The van der Waals surface area contributed by atoms with Gasteiger partial charge in [-0.25, -0.2) is 0 Å². The molecule has 0 spiro atoms. The van der Waals surface area contributed by atoms with Crippen molar-refractivity contribution in [1.29, 1.82) is 0 Å². The second kappa shape index (κ2) is 8.00. The van der Waals surface area contributed by atoms with E-state index in [2.05, 4.69) is 36.3 Å². The van der Waals surface area contributed by atoms with Crippen LogP contribution in [0.5, 0.6) is 0 Å². The van der Waals surface area contributed by atoms with Gasteiger partial charge in [-0.2, -0.15) is 0 Å². The van der Waals surface area contributed by atoms with Gasteiger partial charge in [0.05, 0.1) is 0 Å². The molecule has 4 aliphatic carbocycles. The number of carbonyl (C=O) groups is 2. The molecule has 5 heteroatoms. The summed E-state index contributed by atoms with van der Waals surface area (Å²) in [6.45, 7) is 8.22. The lowest BCUT2D eigenvalue weighted by Crippen LogP contribution is -2.57. The first kappa shape index (κ1) is 20.2. The molecule has 158 valence electrons. The van der Waals surface area contributed by atoms with Crippen LogP contribution >= 0.6 is 0 Å². The predicted octanol–water partition coefficient (Wildman–Crippen LogP) is 4.19. The molecule has 5 nitrogen and oxygen atoms in total. The van der Waals surface area contributed by atoms with Crippen LogP contribution in [0, 0.1) is 23.2 Å². The van der Waals surface area contributed by atoms with E-state index in [9.17, 15) is 9.59 Å². The number of carbonyl (C=O) groups excluding carboxylic acids is 2. The van der Waals surface area contributed by atoms with Gasteiger partial charge in [-0.05, 0) is 107 Å². The van der Waals surface area contributed by atoms with Crippen molar-refractivity contribution in [2.45, 2.75) is 65.3 Å². The molecule has 5 rings (SSSR count). The highest BCUT2D eigenvalue weighted by atomic mass is 16.2. The van der Waals surface area contributed by atoms with E-state index < -0.39 is 11.8 Å². The first-order valence-electron chi connectivity index (χ1n) is 11.4. The van der Waals surface area contributed by atoms with Crippen molar-refractivity contribution in [3.63, 3.8) is 0 Å². The van der Waals surface area contributed by atoms with Gasteiger partial charge in [0.15, 0.2) is 0 Å². The van der Waals surface area contributed by atoms with Gasteiger partial charge in [0, 0.05) is 30.5 Å². The summed E-state index contributed by atoms with van der Waals surface area (Å²) in [7, 11) is 0. The summed E-state index contributed by atoms with van der Waals surface area (Å²) in [5.74, 6) is 1.41. The molecule has 1 aromatic carbocycles. The highest BCUT2D eigenvalue weighted by molar-refractivity contribution is 6.39. The van der Waals surface area contributed by atoms with Crippen molar-refractivity contribution in [3.8, 4) is 0 Å². The average Bonchev–Trinajstić information content (AvgIpc) is 2.69. The standard InChI is InChI=1S/C24H35N3O2/c1-4-27(5-2)21-8-6-20(7-9-21)26-23(29)22(28)25-16(3)24-13-17-10-18(14-24)12-19(11-17)15-24/h6-9,16-19H,4-5,10-15H2,1-3H3,(H,25,28)(H,26,29). The molecule has 0 saturated heterocycles. The van der Waals surface area contributed by atoms with Crippen molar-refractivity contribution >= 4 is 23.2 Å². The Morgan fingerprint density at radius 2 is 1.48 bits per heavy atom. The van der Waals surface area contributed by atoms with E-state index in [0.29, 0.717) is 5.69 Å². The highest BCUT2D eigenvalue weighted by Crippen LogP contribution is 2.61. The molecule has 0 radical (unpaired) electrons. The van der Waals surface area contributed by atoms with Crippen molar-refractivity contribution in [2.75, 3.05) is 23.3 Å². The molecule has 29 heavy (non-hydrogen) atoms. The minimum Gasteiger partial charge on any atom is -0.372 e. The minimum atomic E-state index is -0.572. The molecule has 1 unspecified atom stereocenters. The SMILES string of the molecule is CCN(CC)c1ccc(NC(=O)C(=O)NC(C)C23CC4CC(CC(C4)C2)C3)cc1. The fourth-order valence-corrected chi connectivity index (χ4v) is 6.66. The van der Waals surface area contributed by atoms with E-state index in [1.54, 1.807) is 0 Å². The number of hydrogen-bond donors (Lipinski definition) is 2. The highest BCUT2D eigenvalue weighted by Gasteiger charge is 2.53. The molecule has 4 fully saturated rings. The van der Waals surface area contributed by atoms with E-state index in [-0.39, 0.29) is 11.5 Å². The third-order valence-corrected chi connectivity index (χ3v) is 7.81. The van der Waals surface area contributed by atoms with Gasteiger partial charge in [0.25, 0.3) is 0 Å². The summed E-state index contributed by atoms with van der Waals surface area (Å²) in [5, 5.41) is 5.80. The molecular weight excluding hydrogens is 362 g/mol. The number of amides is 2. The zero-order valence-corrected chi connectivity index (χ0v) is 18.0. The van der Waals surface area contributed by atoms with Crippen LogP contribution in [0.2, 0.25) is 0 Å². The molecule has 4 bridgehead atoms. The molecule has 2 amide bonds. The Kier molecular flexibility index (Phi) is 5.58. The second-order valence-electron chi connectivity index (χ2n) is 9.65. The van der Waals surface area contributed by atoms with Crippen LogP contribution in [-0.4, -0.2) is 30.9 Å². The molecule has 4 aliphatic rings. The summed E-state index contributed by atoms with van der Waals surface area (Å²) < 4.78 is 0. The topological polar surface area (TPSA) is 61.4 Å². The van der Waals surface area contributed by atoms with E-state index in [1.165, 1.54) is 38.5 Å². The van der Waals surface area contributed by atoms with Gasteiger partial charge in [-0.1, -0.05) is 0 Å². The molecular formula is C24H35N3O2. The maximum Gasteiger partial charge on any atom is 0.313 e. The lowest BCUT2D eigenvalue weighted by atomic mass is 9.48. The van der Waals surface area contributed by atoms with Gasteiger partial charge < -0.3 is 15.5 Å². The smallest absolute Gasteiger partial charge is 0.313 e. The van der Waals surface area contributed by atoms with Crippen molar-refractivity contribution in [2.24, 2.45) is 23.2 Å². The lowest BCUT2D eigenvalue weighted by molar-refractivity contribution is -0.138. The quantitative estimate of drug-likeness (QED) is 0.708. The third kappa shape index (κ3) is 4.01. The summed E-state index contributed by atoms with van der Waals surface area (Å²) in [4.78, 5) is 27.3. The number of benzene rings is 1. The first-order valence-corrected chi connectivity index (χ1v) is 11.4. The number of rotatable bonds is 6. The second-order valence-corrected chi connectivity index (χ2v) is 9.65. The number of nitrogens with zero attached hydrogens (tertiary/aromatic N) is 1. The summed E-state index contributed by atoms with van der Waals surface area (Å²) in [6.07, 6.45) is 7.79. The molecule has 2 N–H and O–H groups in total. The molecule has 1 atom stereocenters. The Morgan fingerprint density at radius 3 is 1.97 bits per heavy atom. The predicted molar refractivity (Wildman–Crippen MR) is 117 cm³/mol. The lowest BCUT2D eigenvalue weighted by Gasteiger charge is -2.59. The number of nitrogens with one attached hydrogen (secondary N) is 2. The third-order valence-electron chi connectivity index (χ3n) is 7.81. The monoisotopic (exact) mass is 397 g/mol. The van der Waals surface area contributed by atoms with E-state index in [4.69, 9.17) is 0 Å². The van der Waals surface area contributed by atoms with Crippen LogP contribution in [0.1, 0.15) is 59.3 Å². The number of anilines is 2.